The van der Waals surface area contributed by atoms with Crippen LogP contribution in [0.1, 0.15) is 20.8 Å². The Kier molecular flexibility index (Phi) is 8.86. The van der Waals surface area contributed by atoms with Crippen molar-refractivity contribution in [1.29, 1.82) is 0 Å². The molecule has 0 aromatic heterocycles. The summed E-state index contributed by atoms with van der Waals surface area (Å²) in [5.41, 5.74) is -1.23. The number of carbonyl (C=O) groups is 4. The highest BCUT2D eigenvalue weighted by atomic mass is 35.5. The van der Waals surface area contributed by atoms with Gasteiger partial charge in [0.25, 0.3) is 11.8 Å². The van der Waals surface area contributed by atoms with E-state index in [-0.39, 0.29) is 18.1 Å². The highest BCUT2D eigenvalue weighted by molar-refractivity contribution is 8.00. The number of ether oxygens (including phenoxy) is 3. The molecule has 0 saturated carbocycles. The highest BCUT2D eigenvalue weighted by Gasteiger charge is 2.54. The lowest BCUT2D eigenvalue weighted by molar-refractivity contribution is -0.173. The number of β-lactam (4-membered cyclic amide) rings is 1. The Morgan fingerprint density at radius 3 is 2.52 bits per heavy atom. The number of esters is 2. The van der Waals surface area contributed by atoms with Gasteiger partial charge in [-0.05, 0) is 31.5 Å². The molecule has 2 amide bonds. The van der Waals surface area contributed by atoms with Gasteiger partial charge in [0, 0.05) is 12.9 Å². The van der Waals surface area contributed by atoms with E-state index >= 15 is 0 Å². The van der Waals surface area contributed by atoms with Crippen LogP contribution in [0.15, 0.2) is 27.9 Å². The summed E-state index contributed by atoms with van der Waals surface area (Å²) in [7, 11) is 1.42. The molecule has 14 heteroatoms. The second-order valence-corrected chi connectivity index (χ2v) is 9.37. The van der Waals surface area contributed by atoms with Gasteiger partial charge in [-0.15, -0.1) is 28.3 Å². The fraction of sp³-hybridized carbons (Fsp3) is 0.579. The van der Waals surface area contributed by atoms with Gasteiger partial charge in [0.15, 0.2) is 0 Å². The van der Waals surface area contributed by atoms with Crippen LogP contribution in [0.25, 0.3) is 0 Å². The first kappa shape index (κ1) is 26.6. The van der Waals surface area contributed by atoms with E-state index < -0.39 is 64.7 Å². The molecule has 0 aromatic carbocycles. The monoisotopic (exact) mass is 505 g/mol. The molecule has 2 atom stereocenters. The Labute approximate surface area is 198 Å². The van der Waals surface area contributed by atoms with Crippen molar-refractivity contribution in [3.05, 3.63) is 27.6 Å². The minimum Gasteiger partial charge on any atom is -0.508 e. The second kappa shape index (κ2) is 11.0. The molecule has 0 aliphatic carbocycles. The summed E-state index contributed by atoms with van der Waals surface area (Å²) in [6.45, 7) is 4.31. The molecule has 2 heterocycles. The van der Waals surface area contributed by atoms with Gasteiger partial charge in [-0.25, -0.2) is 4.79 Å². The van der Waals surface area contributed by atoms with Crippen molar-refractivity contribution in [3.63, 3.8) is 0 Å². The number of thioether (sulfide) groups is 1. The molecule has 0 spiro atoms. The summed E-state index contributed by atoms with van der Waals surface area (Å²) < 4.78 is 15.1. The fourth-order valence-corrected chi connectivity index (χ4v) is 4.33. The topological polar surface area (TPSA) is 161 Å². The summed E-state index contributed by atoms with van der Waals surface area (Å²) >= 11 is 6.66. The number of rotatable bonds is 9. The number of fused-ring (bicyclic) bond motifs is 1. The number of aliphatic hydroxyl groups excluding tert-OH is 1. The number of aliphatic hydroxyl groups is 1. The van der Waals surface area contributed by atoms with Crippen LogP contribution in [0.2, 0.25) is 0 Å². The Hall–Kier alpha value is -2.64. The molecule has 0 bridgehead atoms. The standard InChI is InChI=1S/C19H24ClN3O9S/c1-19(2,3)18(28)32-8-31-17(27)13-9(6-30-4)7-33-16-12(15(26)23(13)16)21-14(25)11(22-29)10(24)5-20/h12,16,24H,5-8H2,1-4H3,(H,21,25)/t12?,16-/m1/s1. The molecule has 1 fully saturated rings. The lowest BCUT2D eigenvalue weighted by Gasteiger charge is -2.49. The van der Waals surface area contributed by atoms with Crippen molar-refractivity contribution in [3.8, 4) is 0 Å². The number of nitrogens with one attached hydrogen (secondary N) is 1. The Bertz CT molecular complexity index is 913. The van der Waals surface area contributed by atoms with Crippen LogP contribution in [-0.2, 0) is 33.4 Å². The maximum atomic E-state index is 12.8. The zero-order valence-corrected chi connectivity index (χ0v) is 19.9. The van der Waals surface area contributed by atoms with E-state index in [1.54, 1.807) is 20.8 Å². The zero-order chi connectivity index (χ0) is 24.9. The molecular formula is C19H24ClN3O9S. The van der Waals surface area contributed by atoms with Crippen molar-refractivity contribution < 1.29 is 38.5 Å². The minimum absolute atomic E-state index is 0.0400. The average Bonchev–Trinajstić information content (AvgIpc) is 2.76. The Morgan fingerprint density at radius 1 is 1.30 bits per heavy atom. The first-order chi connectivity index (χ1) is 15.5. The summed E-state index contributed by atoms with van der Waals surface area (Å²) in [5.74, 6) is -4.18. The summed E-state index contributed by atoms with van der Waals surface area (Å²) in [5, 5.41) is 13.6. The van der Waals surface area contributed by atoms with Crippen LogP contribution in [-0.4, -0.2) is 77.3 Å². The number of nitroso groups, excluding NO2 is 1. The zero-order valence-electron chi connectivity index (χ0n) is 18.4. The largest absolute Gasteiger partial charge is 0.508 e. The molecule has 1 saturated heterocycles. The number of carbonyl (C=O) groups excluding carboxylic acids is 4. The molecule has 0 radical (unpaired) electrons. The van der Waals surface area contributed by atoms with Gasteiger partial charge < -0.3 is 24.6 Å². The van der Waals surface area contributed by atoms with Crippen LogP contribution in [0, 0.1) is 10.3 Å². The molecular weight excluding hydrogens is 482 g/mol. The van der Waals surface area contributed by atoms with Crippen LogP contribution in [0.3, 0.4) is 0 Å². The molecule has 0 aromatic rings. The van der Waals surface area contributed by atoms with E-state index in [4.69, 9.17) is 25.8 Å². The van der Waals surface area contributed by atoms with E-state index in [9.17, 15) is 29.2 Å². The SMILES string of the molecule is COCC1=C(C(=O)OCOC(=O)C(C)(C)C)N2C(=O)C(NC(=O)C(N=O)=C(O)CCl)[C@H]2SC1. The molecule has 182 valence electrons. The van der Waals surface area contributed by atoms with E-state index in [0.717, 1.165) is 4.90 Å². The molecule has 2 rings (SSSR count). The summed E-state index contributed by atoms with van der Waals surface area (Å²) in [4.78, 5) is 61.6. The van der Waals surface area contributed by atoms with E-state index in [1.165, 1.54) is 18.9 Å². The van der Waals surface area contributed by atoms with Crippen molar-refractivity contribution >= 4 is 47.1 Å². The number of nitrogens with zero attached hydrogens (tertiary/aromatic N) is 2. The lowest BCUT2D eigenvalue weighted by atomic mass is 9.98. The van der Waals surface area contributed by atoms with Crippen LogP contribution in [0.5, 0.6) is 0 Å². The number of hydrogen-bond acceptors (Lipinski definition) is 11. The Morgan fingerprint density at radius 2 is 1.97 bits per heavy atom. The minimum atomic E-state index is -1.09. The van der Waals surface area contributed by atoms with Gasteiger partial charge in [0.2, 0.25) is 12.5 Å². The third-order valence-electron chi connectivity index (χ3n) is 4.54. The molecule has 1 unspecified atom stereocenters. The van der Waals surface area contributed by atoms with Gasteiger partial charge >= 0.3 is 11.9 Å². The van der Waals surface area contributed by atoms with Crippen molar-refractivity contribution in [2.45, 2.75) is 32.2 Å². The quantitative estimate of drug-likeness (QED) is 0.0884. The number of amides is 2. The third-order valence-corrected chi connectivity index (χ3v) is 6.14. The van der Waals surface area contributed by atoms with E-state index in [1.807, 2.05) is 0 Å². The van der Waals surface area contributed by atoms with Gasteiger partial charge in [-0.1, -0.05) is 0 Å². The molecule has 2 aliphatic heterocycles. The number of alkyl halides is 1. The first-order valence-electron chi connectivity index (χ1n) is 9.60. The first-order valence-corrected chi connectivity index (χ1v) is 11.2. The van der Waals surface area contributed by atoms with Gasteiger partial charge in [-0.3, -0.25) is 19.3 Å². The average molecular weight is 506 g/mol. The maximum absolute atomic E-state index is 12.8. The summed E-state index contributed by atoms with van der Waals surface area (Å²) in [6.07, 6.45) is 0. The predicted octanol–water partition coefficient (Wildman–Crippen LogP) is 1.15. The van der Waals surface area contributed by atoms with Crippen molar-refractivity contribution in [2.24, 2.45) is 10.6 Å². The predicted molar refractivity (Wildman–Crippen MR) is 117 cm³/mol. The van der Waals surface area contributed by atoms with Crippen molar-refractivity contribution in [1.82, 2.24) is 10.2 Å². The number of allylic oxidation sites excluding steroid dienone is 1. The molecule has 2 N–H and O–H groups in total. The van der Waals surface area contributed by atoms with Crippen LogP contribution < -0.4 is 5.32 Å². The van der Waals surface area contributed by atoms with E-state index in [0.29, 0.717) is 5.57 Å². The van der Waals surface area contributed by atoms with Gasteiger partial charge in [0.05, 0.1) is 17.9 Å². The van der Waals surface area contributed by atoms with E-state index in [2.05, 4.69) is 10.5 Å². The fourth-order valence-electron chi connectivity index (χ4n) is 2.88. The molecule has 2 aliphatic rings. The van der Waals surface area contributed by atoms with Crippen LogP contribution in [0.4, 0.5) is 0 Å². The lowest BCUT2D eigenvalue weighted by Crippen LogP contribution is -2.70. The maximum Gasteiger partial charge on any atom is 0.358 e. The molecule has 33 heavy (non-hydrogen) atoms. The van der Waals surface area contributed by atoms with Crippen LogP contribution >= 0.6 is 23.4 Å². The third kappa shape index (κ3) is 5.84. The van der Waals surface area contributed by atoms with Gasteiger partial charge in [-0.2, -0.15) is 0 Å². The number of halogens is 1. The number of methoxy groups -OCH3 is 1. The normalized spacial score (nSPS) is 20.9. The van der Waals surface area contributed by atoms with Crippen molar-refractivity contribution in [2.75, 3.05) is 32.1 Å². The highest BCUT2D eigenvalue weighted by Crippen LogP contribution is 2.40. The second-order valence-electron chi connectivity index (χ2n) is 8.00. The molecule has 12 nitrogen and oxygen atoms in total. The summed E-state index contributed by atoms with van der Waals surface area (Å²) in [6, 6.07) is -1.09. The number of hydrogen-bond donors (Lipinski definition) is 2. The smallest absolute Gasteiger partial charge is 0.358 e. The Balaban J connectivity index is 2.15. The van der Waals surface area contributed by atoms with Gasteiger partial charge in [0.1, 0.15) is 22.9 Å².